The van der Waals surface area contributed by atoms with Gasteiger partial charge in [-0.2, -0.15) is 0 Å². The summed E-state index contributed by atoms with van der Waals surface area (Å²) in [6.07, 6.45) is 0.590. The molecule has 0 amide bonds. The molecular formula is C16H15NO4S4. The van der Waals surface area contributed by atoms with Crippen LogP contribution in [0.4, 0.5) is 0 Å². The van der Waals surface area contributed by atoms with Gasteiger partial charge in [0.1, 0.15) is 9.77 Å². The monoisotopic (exact) mass is 413 g/mol. The van der Waals surface area contributed by atoms with Gasteiger partial charge in [0.25, 0.3) is 0 Å². The Morgan fingerprint density at radius 2 is 1.96 bits per heavy atom. The lowest BCUT2D eigenvalue weighted by atomic mass is 10.3. The molecule has 1 N–H and O–H groups in total. The normalized spacial score (nSPS) is 11.6. The molecule has 0 saturated carbocycles. The Balaban J connectivity index is 1.64. The van der Waals surface area contributed by atoms with Crippen molar-refractivity contribution >= 4 is 50.0 Å². The van der Waals surface area contributed by atoms with E-state index in [4.69, 9.17) is 0 Å². The second kappa shape index (κ2) is 7.79. The van der Waals surface area contributed by atoms with Crippen LogP contribution in [0.25, 0.3) is 9.75 Å². The molecule has 0 aliphatic heterocycles. The zero-order valence-corrected chi connectivity index (χ0v) is 16.5. The zero-order chi connectivity index (χ0) is 17.9. The van der Waals surface area contributed by atoms with Gasteiger partial charge in [-0.1, -0.05) is 6.07 Å². The van der Waals surface area contributed by atoms with E-state index in [0.717, 1.165) is 16.2 Å². The topological polar surface area (TPSA) is 72.5 Å². The lowest BCUT2D eigenvalue weighted by Crippen LogP contribution is -2.26. The molecule has 5 nitrogen and oxygen atoms in total. The second-order valence-electron chi connectivity index (χ2n) is 5.00. The summed E-state index contributed by atoms with van der Waals surface area (Å²) in [5, 5.41) is 3.59. The number of sulfonamides is 1. The number of rotatable bonds is 7. The van der Waals surface area contributed by atoms with Crippen molar-refractivity contribution in [1.29, 1.82) is 0 Å². The predicted octanol–water partition coefficient (Wildman–Crippen LogP) is 3.85. The molecule has 0 unspecified atom stereocenters. The summed E-state index contributed by atoms with van der Waals surface area (Å²) in [6.45, 7) is 0.267. The van der Waals surface area contributed by atoms with Gasteiger partial charge in [-0.3, -0.25) is 0 Å². The molecule has 3 rings (SSSR count). The van der Waals surface area contributed by atoms with E-state index in [2.05, 4.69) is 21.6 Å². The van der Waals surface area contributed by atoms with Crippen molar-refractivity contribution in [3.8, 4) is 9.75 Å². The van der Waals surface area contributed by atoms with Gasteiger partial charge in [0.05, 0.1) is 7.11 Å². The molecule has 0 aliphatic rings. The minimum atomic E-state index is -3.74. The Morgan fingerprint density at radius 1 is 1.12 bits per heavy atom. The van der Waals surface area contributed by atoms with Gasteiger partial charge in [0.2, 0.25) is 10.0 Å². The van der Waals surface area contributed by atoms with E-state index >= 15 is 0 Å². The van der Waals surface area contributed by atoms with Crippen LogP contribution >= 0.6 is 34.0 Å². The lowest BCUT2D eigenvalue weighted by molar-refractivity contribution is 0.0602. The van der Waals surface area contributed by atoms with Crippen LogP contribution in [0, 0.1) is 0 Å². The number of ether oxygens (including phenoxy) is 1. The molecule has 0 atom stereocenters. The van der Waals surface area contributed by atoms with Gasteiger partial charge in [-0.25, -0.2) is 17.9 Å². The first kappa shape index (κ1) is 18.3. The summed E-state index contributed by atoms with van der Waals surface area (Å²) in [5.74, 6) is -0.644. The average Bonchev–Trinajstić information content (AvgIpc) is 3.32. The molecule has 132 valence electrons. The van der Waals surface area contributed by atoms with E-state index in [-0.39, 0.29) is 16.3 Å². The largest absolute Gasteiger partial charge is 0.465 e. The van der Waals surface area contributed by atoms with Gasteiger partial charge < -0.3 is 4.74 Å². The Bertz CT molecular complexity index is 954. The minimum absolute atomic E-state index is 0.0326. The molecule has 3 aromatic rings. The van der Waals surface area contributed by atoms with Gasteiger partial charge in [0.15, 0.2) is 0 Å². The van der Waals surface area contributed by atoms with Gasteiger partial charge in [-0.05, 0) is 41.4 Å². The summed E-state index contributed by atoms with van der Waals surface area (Å²) in [7, 11) is -2.51. The van der Waals surface area contributed by atoms with Crippen LogP contribution in [0.2, 0.25) is 0 Å². The van der Waals surface area contributed by atoms with Crippen LogP contribution in [-0.2, 0) is 21.2 Å². The number of esters is 1. The van der Waals surface area contributed by atoms with Crippen molar-refractivity contribution in [2.24, 2.45) is 0 Å². The molecule has 0 spiro atoms. The molecule has 0 aliphatic carbocycles. The van der Waals surface area contributed by atoms with E-state index < -0.39 is 16.0 Å². The Hall–Kier alpha value is -1.52. The number of nitrogens with one attached hydrogen (secondary N) is 1. The summed E-state index contributed by atoms with van der Waals surface area (Å²) < 4.78 is 32.0. The van der Waals surface area contributed by atoms with Gasteiger partial charge in [0, 0.05) is 21.2 Å². The Morgan fingerprint density at radius 3 is 2.68 bits per heavy atom. The van der Waals surface area contributed by atoms with Crippen LogP contribution < -0.4 is 4.72 Å². The van der Waals surface area contributed by atoms with Crippen molar-refractivity contribution < 1.29 is 17.9 Å². The third-order valence-electron chi connectivity index (χ3n) is 3.38. The predicted molar refractivity (Wildman–Crippen MR) is 102 cm³/mol. The van der Waals surface area contributed by atoms with Crippen molar-refractivity contribution in [2.45, 2.75) is 11.3 Å². The Kier molecular flexibility index (Phi) is 5.70. The Labute approximate surface area is 158 Å². The van der Waals surface area contributed by atoms with Gasteiger partial charge >= 0.3 is 5.97 Å². The fraction of sp³-hybridized carbons (Fsp3) is 0.188. The number of hydrogen-bond acceptors (Lipinski definition) is 7. The molecule has 25 heavy (non-hydrogen) atoms. The maximum atomic E-state index is 12.4. The van der Waals surface area contributed by atoms with E-state index in [1.165, 1.54) is 22.9 Å². The van der Waals surface area contributed by atoms with E-state index in [1.807, 2.05) is 17.5 Å². The van der Waals surface area contributed by atoms with Gasteiger partial charge in [-0.15, -0.1) is 34.0 Å². The highest BCUT2D eigenvalue weighted by Gasteiger charge is 2.24. The van der Waals surface area contributed by atoms with Crippen LogP contribution in [0.1, 0.15) is 14.5 Å². The van der Waals surface area contributed by atoms with E-state index in [0.29, 0.717) is 6.42 Å². The van der Waals surface area contributed by atoms with Crippen molar-refractivity contribution in [3.05, 3.63) is 50.8 Å². The lowest BCUT2D eigenvalue weighted by Gasteiger charge is -2.06. The first-order chi connectivity index (χ1) is 12.0. The number of hydrogen-bond donors (Lipinski definition) is 1. The minimum Gasteiger partial charge on any atom is -0.465 e. The molecule has 0 fully saturated rings. The maximum Gasteiger partial charge on any atom is 0.349 e. The molecule has 0 aromatic carbocycles. The van der Waals surface area contributed by atoms with Crippen LogP contribution in [0.5, 0.6) is 0 Å². The SMILES string of the molecule is COC(=O)c1sccc1S(=O)(=O)NCCc1ccc(-c2cccs2)s1. The summed E-state index contributed by atoms with van der Waals surface area (Å²) in [6, 6.07) is 9.55. The molecule has 3 heterocycles. The average molecular weight is 414 g/mol. The first-order valence-corrected chi connectivity index (χ1v) is 11.4. The number of carbonyl (C=O) groups excluding carboxylic acids is 1. The highest BCUT2D eigenvalue weighted by atomic mass is 32.2. The number of thiophene rings is 3. The molecule has 9 heteroatoms. The third kappa shape index (κ3) is 4.18. The summed E-state index contributed by atoms with van der Waals surface area (Å²) in [4.78, 5) is 15.2. The van der Waals surface area contributed by atoms with E-state index in [1.54, 1.807) is 28.1 Å². The zero-order valence-electron chi connectivity index (χ0n) is 13.2. The third-order valence-corrected chi connectivity index (χ3v) is 8.12. The fourth-order valence-electron chi connectivity index (χ4n) is 2.20. The second-order valence-corrected chi connectivity index (χ2v) is 9.76. The van der Waals surface area contributed by atoms with Crippen LogP contribution in [-0.4, -0.2) is 28.0 Å². The highest BCUT2D eigenvalue weighted by Crippen LogP contribution is 2.31. The van der Waals surface area contributed by atoms with Crippen molar-refractivity contribution in [1.82, 2.24) is 4.72 Å². The summed E-state index contributed by atoms with van der Waals surface area (Å²) >= 11 is 4.38. The summed E-state index contributed by atoms with van der Waals surface area (Å²) in [5.41, 5.74) is 0. The highest BCUT2D eigenvalue weighted by molar-refractivity contribution is 7.89. The first-order valence-electron chi connectivity index (χ1n) is 7.29. The number of methoxy groups -OCH3 is 1. The smallest absolute Gasteiger partial charge is 0.349 e. The molecule has 3 aromatic heterocycles. The van der Waals surface area contributed by atoms with Crippen LogP contribution in [0.15, 0.2) is 46.0 Å². The van der Waals surface area contributed by atoms with Crippen molar-refractivity contribution in [3.63, 3.8) is 0 Å². The van der Waals surface area contributed by atoms with Crippen molar-refractivity contribution in [2.75, 3.05) is 13.7 Å². The van der Waals surface area contributed by atoms with E-state index in [9.17, 15) is 13.2 Å². The van der Waals surface area contributed by atoms with Crippen LogP contribution in [0.3, 0.4) is 0 Å². The fourth-order valence-corrected chi connectivity index (χ4v) is 6.41. The maximum absolute atomic E-state index is 12.4. The molecule has 0 bridgehead atoms. The quantitative estimate of drug-likeness (QED) is 0.597. The standard InChI is InChI=1S/C16H15NO4S4/c1-21-16(18)15-14(7-10-23-15)25(19,20)17-8-6-11-4-5-13(24-11)12-3-2-9-22-12/h2-5,7,9-10,17H,6,8H2,1H3. The molecular weight excluding hydrogens is 398 g/mol. The number of carbonyl (C=O) groups is 1. The molecule has 0 saturated heterocycles. The molecule has 0 radical (unpaired) electrons.